The van der Waals surface area contributed by atoms with Gasteiger partial charge in [-0.25, -0.2) is 14.4 Å². The molecule has 0 saturated carbocycles. The van der Waals surface area contributed by atoms with E-state index in [1.54, 1.807) is 12.3 Å². The molecule has 6 nitrogen and oxygen atoms in total. The summed E-state index contributed by atoms with van der Waals surface area (Å²) in [6.45, 7) is 2.95. The van der Waals surface area contributed by atoms with Gasteiger partial charge in [0.2, 0.25) is 0 Å². The quantitative estimate of drug-likeness (QED) is 0.781. The van der Waals surface area contributed by atoms with Crippen LogP contribution < -0.4 is 4.90 Å². The van der Waals surface area contributed by atoms with Crippen LogP contribution in [-0.2, 0) is 0 Å². The maximum atomic E-state index is 14.5. The predicted octanol–water partition coefficient (Wildman–Crippen LogP) is 2.94. The molecular formula is C19H23FN6. The molecule has 0 bridgehead atoms. The Morgan fingerprint density at radius 2 is 2.15 bits per heavy atom. The Morgan fingerprint density at radius 1 is 1.27 bits per heavy atom. The number of aromatic amines is 1. The van der Waals surface area contributed by atoms with Crippen LogP contribution in [0, 0.1) is 11.7 Å². The summed E-state index contributed by atoms with van der Waals surface area (Å²) in [5, 5.41) is 7.88. The Balaban J connectivity index is 1.66. The second kappa shape index (κ2) is 6.99. The Morgan fingerprint density at radius 3 is 3.00 bits per heavy atom. The van der Waals surface area contributed by atoms with Gasteiger partial charge in [-0.15, -0.1) is 0 Å². The van der Waals surface area contributed by atoms with Crippen LogP contribution in [0.2, 0.25) is 0 Å². The SMILES string of the molecule is CN(C)CC1CCCN(c2ccc(F)c(-c3n[nH]c4ncccc34)n2)C1. The number of nitrogens with one attached hydrogen (secondary N) is 1. The van der Waals surface area contributed by atoms with E-state index in [9.17, 15) is 4.39 Å². The lowest BCUT2D eigenvalue weighted by Crippen LogP contribution is -2.39. The van der Waals surface area contributed by atoms with E-state index in [0.29, 0.717) is 17.3 Å². The Labute approximate surface area is 152 Å². The van der Waals surface area contributed by atoms with Gasteiger partial charge in [0, 0.05) is 31.2 Å². The van der Waals surface area contributed by atoms with Gasteiger partial charge < -0.3 is 9.80 Å². The molecular weight excluding hydrogens is 331 g/mol. The fourth-order valence-electron chi connectivity index (χ4n) is 3.75. The van der Waals surface area contributed by atoms with Crippen molar-refractivity contribution in [1.82, 2.24) is 25.1 Å². The van der Waals surface area contributed by atoms with Gasteiger partial charge in [-0.1, -0.05) is 0 Å². The Hall–Kier alpha value is -2.54. The number of halogens is 1. The van der Waals surface area contributed by atoms with Crippen molar-refractivity contribution >= 4 is 16.9 Å². The number of fused-ring (bicyclic) bond motifs is 1. The molecule has 1 aliphatic heterocycles. The van der Waals surface area contributed by atoms with Crippen molar-refractivity contribution in [3.63, 3.8) is 0 Å². The maximum Gasteiger partial charge on any atom is 0.155 e. The molecule has 1 unspecified atom stereocenters. The van der Waals surface area contributed by atoms with Gasteiger partial charge in [0.1, 0.15) is 17.2 Å². The highest BCUT2D eigenvalue weighted by molar-refractivity contribution is 5.89. The van der Waals surface area contributed by atoms with Crippen molar-refractivity contribution in [1.29, 1.82) is 0 Å². The Kier molecular flexibility index (Phi) is 4.55. The molecule has 1 atom stereocenters. The molecule has 0 aliphatic carbocycles. The van der Waals surface area contributed by atoms with Crippen LogP contribution in [0.3, 0.4) is 0 Å². The van der Waals surface area contributed by atoms with Gasteiger partial charge in [0.15, 0.2) is 11.5 Å². The minimum atomic E-state index is -0.368. The number of aromatic nitrogens is 4. The predicted molar refractivity (Wildman–Crippen MR) is 101 cm³/mol. The van der Waals surface area contributed by atoms with Gasteiger partial charge in [-0.2, -0.15) is 5.10 Å². The molecule has 0 spiro atoms. The average molecular weight is 354 g/mol. The van der Waals surface area contributed by atoms with Crippen LogP contribution in [0.4, 0.5) is 10.2 Å². The zero-order chi connectivity index (χ0) is 18.1. The van der Waals surface area contributed by atoms with Gasteiger partial charge in [-0.05, 0) is 57.1 Å². The smallest absolute Gasteiger partial charge is 0.155 e. The zero-order valence-corrected chi connectivity index (χ0v) is 15.1. The second-order valence-electron chi connectivity index (χ2n) is 7.19. The normalized spacial score (nSPS) is 18.0. The van der Waals surface area contributed by atoms with Crippen LogP contribution in [0.25, 0.3) is 22.4 Å². The highest BCUT2D eigenvalue weighted by Gasteiger charge is 2.23. The van der Waals surface area contributed by atoms with E-state index in [2.05, 4.69) is 44.1 Å². The highest BCUT2D eigenvalue weighted by atomic mass is 19.1. The number of rotatable bonds is 4. The number of piperidine rings is 1. The average Bonchev–Trinajstić information content (AvgIpc) is 3.06. The molecule has 0 amide bonds. The molecule has 4 heterocycles. The van der Waals surface area contributed by atoms with Crippen LogP contribution >= 0.6 is 0 Å². The van der Waals surface area contributed by atoms with E-state index in [1.165, 1.54) is 12.5 Å². The van der Waals surface area contributed by atoms with Crippen LogP contribution in [0.15, 0.2) is 30.5 Å². The number of hydrogen-bond donors (Lipinski definition) is 1. The van der Waals surface area contributed by atoms with Crippen LogP contribution in [-0.4, -0.2) is 58.8 Å². The molecule has 0 radical (unpaired) electrons. The fourth-order valence-corrected chi connectivity index (χ4v) is 3.75. The monoisotopic (exact) mass is 354 g/mol. The van der Waals surface area contributed by atoms with E-state index in [1.807, 2.05) is 12.1 Å². The molecule has 26 heavy (non-hydrogen) atoms. The molecule has 3 aromatic heterocycles. The fraction of sp³-hybridized carbons (Fsp3) is 0.421. The summed E-state index contributed by atoms with van der Waals surface area (Å²) in [5.41, 5.74) is 1.42. The number of H-pyrrole nitrogens is 1. The number of hydrogen-bond acceptors (Lipinski definition) is 5. The van der Waals surface area contributed by atoms with E-state index < -0.39 is 0 Å². The van der Waals surface area contributed by atoms with Crippen molar-refractivity contribution < 1.29 is 4.39 Å². The van der Waals surface area contributed by atoms with Crippen molar-refractivity contribution in [2.75, 3.05) is 38.6 Å². The summed E-state index contributed by atoms with van der Waals surface area (Å²) in [7, 11) is 4.20. The number of anilines is 1. The molecule has 1 fully saturated rings. The van der Waals surface area contributed by atoms with Gasteiger partial charge >= 0.3 is 0 Å². The minimum absolute atomic E-state index is 0.275. The first kappa shape index (κ1) is 16.9. The molecule has 1 saturated heterocycles. The highest BCUT2D eigenvalue weighted by Crippen LogP contribution is 2.29. The lowest BCUT2D eigenvalue weighted by molar-refractivity contribution is 0.291. The van der Waals surface area contributed by atoms with Crippen molar-refractivity contribution in [3.8, 4) is 11.4 Å². The molecule has 4 rings (SSSR count). The van der Waals surface area contributed by atoms with Crippen molar-refractivity contribution in [3.05, 3.63) is 36.3 Å². The largest absolute Gasteiger partial charge is 0.356 e. The van der Waals surface area contributed by atoms with Crippen LogP contribution in [0.5, 0.6) is 0 Å². The van der Waals surface area contributed by atoms with Crippen LogP contribution in [0.1, 0.15) is 12.8 Å². The van der Waals surface area contributed by atoms with E-state index in [0.717, 1.165) is 37.3 Å². The third kappa shape index (κ3) is 3.26. The third-order valence-electron chi connectivity index (χ3n) is 4.86. The Bertz CT molecular complexity index is 906. The molecule has 136 valence electrons. The summed E-state index contributed by atoms with van der Waals surface area (Å²) >= 11 is 0. The lowest BCUT2D eigenvalue weighted by Gasteiger charge is -2.35. The first-order chi connectivity index (χ1) is 12.6. The second-order valence-corrected chi connectivity index (χ2v) is 7.19. The third-order valence-corrected chi connectivity index (χ3v) is 4.86. The minimum Gasteiger partial charge on any atom is -0.356 e. The molecule has 7 heteroatoms. The summed E-state index contributed by atoms with van der Waals surface area (Å²) < 4.78 is 14.5. The van der Waals surface area contributed by atoms with Gasteiger partial charge in [0.05, 0.1) is 0 Å². The standard InChI is InChI=1S/C19H23FN6/c1-25(2)11-13-5-4-10-26(12-13)16-8-7-15(20)18(22-16)17-14-6-3-9-21-19(14)24-23-17/h3,6-9,13H,4-5,10-12H2,1-2H3,(H,21,23,24). The number of pyridine rings is 2. The first-order valence-electron chi connectivity index (χ1n) is 8.97. The van der Waals surface area contributed by atoms with Crippen molar-refractivity contribution in [2.45, 2.75) is 12.8 Å². The molecule has 1 aliphatic rings. The molecule has 3 aromatic rings. The molecule has 1 N–H and O–H groups in total. The van der Waals surface area contributed by atoms with E-state index in [-0.39, 0.29) is 11.5 Å². The van der Waals surface area contributed by atoms with Crippen molar-refractivity contribution in [2.24, 2.45) is 5.92 Å². The zero-order valence-electron chi connectivity index (χ0n) is 15.1. The first-order valence-corrected chi connectivity index (χ1v) is 8.97. The summed E-state index contributed by atoms with van der Waals surface area (Å²) in [6.07, 6.45) is 4.03. The van der Waals surface area contributed by atoms with Gasteiger partial charge in [0.25, 0.3) is 0 Å². The lowest BCUT2D eigenvalue weighted by atomic mass is 9.97. The van der Waals surface area contributed by atoms with Gasteiger partial charge in [-0.3, -0.25) is 5.10 Å². The topological polar surface area (TPSA) is 60.9 Å². The maximum absolute atomic E-state index is 14.5. The molecule has 0 aromatic carbocycles. The van der Waals surface area contributed by atoms with E-state index in [4.69, 9.17) is 0 Å². The van der Waals surface area contributed by atoms with E-state index >= 15 is 0 Å². The summed E-state index contributed by atoms with van der Waals surface area (Å²) in [4.78, 5) is 13.3. The summed E-state index contributed by atoms with van der Waals surface area (Å²) in [6, 6.07) is 6.95. The number of nitrogens with zero attached hydrogens (tertiary/aromatic N) is 5. The summed E-state index contributed by atoms with van der Waals surface area (Å²) in [5.74, 6) is 1.04.